The topological polar surface area (TPSA) is 35.9 Å². The number of nitrogens with zero attached hydrogens (tertiary/aromatic N) is 3. The van der Waals surface area contributed by atoms with E-state index in [4.69, 9.17) is 16.7 Å². The summed E-state index contributed by atoms with van der Waals surface area (Å²) in [6, 6.07) is 24.8. The predicted molar refractivity (Wildman–Crippen MR) is 147 cm³/mol. The fourth-order valence-electron chi connectivity index (χ4n) is 5.50. The van der Waals surface area contributed by atoms with Crippen LogP contribution in [0.25, 0.3) is 0 Å². The van der Waals surface area contributed by atoms with Crippen LogP contribution in [0.15, 0.2) is 77.9 Å². The van der Waals surface area contributed by atoms with E-state index in [2.05, 4.69) is 67.3 Å². The first-order valence-corrected chi connectivity index (χ1v) is 13.3. The minimum absolute atomic E-state index is 0.0433. The molecule has 0 radical (unpaired) electrons. The molecule has 36 heavy (non-hydrogen) atoms. The van der Waals surface area contributed by atoms with Crippen LogP contribution in [0.4, 0.5) is 0 Å². The molecule has 1 amide bonds. The van der Waals surface area contributed by atoms with Gasteiger partial charge in [0.25, 0.3) is 5.91 Å². The van der Waals surface area contributed by atoms with Gasteiger partial charge in [-0.1, -0.05) is 77.8 Å². The second kappa shape index (κ2) is 11.0. The Bertz CT molecular complexity index is 1250. The van der Waals surface area contributed by atoms with Crippen molar-refractivity contribution in [1.29, 1.82) is 0 Å². The quantitative estimate of drug-likeness (QED) is 0.383. The maximum Gasteiger partial charge on any atom is 0.257 e. The first-order chi connectivity index (χ1) is 17.5. The summed E-state index contributed by atoms with van der Waals surface area (Å²) in [6.45, 7) is 6.48. The molecule has 3 aromatic carbocycles. The number of amides is 1. The fraction of sp³-hybridized carbons (Fsp3) is 0.355. The summed E-state index contributed by atoms with van der Waals surface area (Å²) in [5, 5.41) is 7.29. The van der Waals surface area contributed by atoms with Gasteiger partial charge in [-0.05, 0) is 80.9 Å². The summed E-state index contributed by atoms with van der Waals surface area (Å²) in [4.78, 5) is 15.9. The third kappa shape index (κ3) is 5.55. The molecule has 0 bridgehead atoms. The zero-order valence-corrected chi connectivity index (χ0v) is 21.9. The summed E-state index contributed by atoms with van der Waals surface area (Å²) < 4.78 is 0. The van der Waals surface area contributed by atoms with Gasteiger partial charge in [-0.15, -0.1) is 0 Å². The van der Waals surface area contributed by atoms with Crippen molar-refractivity contribution in [2.75, 3.05) is 19.6 Å². The number of aryl methyl sites for hydroxylation is 2. The minimum Gasteiger partial charge on any atom is -0.294 e. The number of benzene rings is 3. The van der Waals surface area contributed by atoms with Gasteiger partial charge in [0.1, 0.15) is 0 Å². The van der Waals surface area contributed by atoms with Gasteiger partial charge in [-0.25, -0.2) is 5.01 Å². The number of piperidine rings is 1. The second-order valence-corrected chi connectivity index (χ2v) is 10.7. The first kappa shape index (κ1) is 24.7. The SMILES string of the molecule is Cc1ccc(C)c(C2=NN(C(=O)CN3CCC(Cc4ccccc4)CC3)C(c3ccccc3Cl)C2)c1. The highest BCUT2D eigenvalue weighted by Gasteiger charge is 2.35. The van der Waals surface area contributed by atoms with Crippen LogP contribution in [-0.4, -0.2) is 41.2 Å². The molecule has 0 aromatic heterocycles. The summed E-state index contributed by atoms with van der Waals surface area (Å²) >= 11 is 6.60. The number of halogens is 1. The summed E-state index contributed by atoms with van der Waals surface area (Å²) in [6.07, 6.45) is 4.02. The maximum atomic E-state index is 13.6. The van der Waals surface area contributed by atoms with Gasteiger partial charge in [0.15, 0.2) is 0 Å². The highest BCUT2D eigenvalue weighted by Crippen LogP contribution is 2.37. The van der Waals surface area contributed by atoms with Crippen molar-refractivity contribution in [2.45, 2.75) is 45.6 Å². The molecule has 1 unspecified atom stereocenters. The Hall–Kier alpha value is -2.95. The Labute approximate surface area is 219 Å². The number of hydrogen-bond acceptors (Lipinski definition) is 3. The molecule has 3 aromatic rings. The number of likely N-dealkylation sites (tertiary alicyclic amines) is 1. The van der Waals surface area contributed by atoms with Gasteiger partial charge < -0.3 is 0 Å². The van der Waals surface area contributed by atoms with Gasteiger partial charge in [0.05, 0.1) is 18.3 Å². The zero-order valence-electron chi connectivity index (χ0n) is 21.2. The van der Waals surface area contributed by atoms with Crippen LogP contribution in [0, 0.1) is 19.8 Å². The van der Waals surface area contributed by atoms with Crippen molar-refractivity contribution < 1.29 is 4.79 Å². The first-order valence-electron chi connectivity index (χ1n) is 13.0. The number of hydrazone groups is 1. The molecule has 0 aliphatic carbocycles. The lowest BCUT2D eigenvalue weighted by atomic mass is 9.90. The van der Waals surface area contributed by atoms with Crippen molar-refractivity contribution in [3.8, 4) is 0 Å². The van der Waals surface area contributed by atoms with E-state index in [0.29, 0.717) is 23.9 Å². The average Bonchev–Trinajstić information content (AvgIpc) is 3.33. The van der Waals surface area contributed by atoms with E-state index in [1.165, 1.54) is 16.7 Å². The van der Waals surface area contributed by atoms with E-state index in [9.17, 15) is 4.79 Å². The number of carbonyl (C=O) groups excluding carboxylic acids is 1. The van der Waals surface area contributed by atoms with E-state index in [1.54, 1.807) is 5.01 Å². The van der Waals surface area contributed by atoms with E-state index in [-0.39, 0.29) is 11.9 Å². The molecule has 0 N–H and O–H groups in total. The van der Waals surface area contributed by atoms with Crippen LogP contribution in [0.2, 0.25) is 5.02 Å². The molecule has 2 heterocycles. The fourth-order valence-corrected chi connectivity index (χ4v) is 5.76. The van der Waals surface area contributed by atoms with Crippen molar-refractivity contribution in [2.24, 2.45) is 11.0 Å². The van der Waals surface area contributed by atoms with Crippen LogP contribution < -0.4 is 0 Å². The number of carbonyl (C=O) groups is 1. The molecule has 1 saturated heterocycles. The highest BCUT2D eigenvalue weighted by molar-refractivity contribution is 6.31. The third-order valence-corrected chi connectivity index (χ3v) is 7.91. The van der Waals surface area contributed by atoms with Crippen LogP contribution in [0.5, 0.6) is 0 Å². The van der Waals surface area contributed by atoms with E-state index in [0.717, 1.165) is 49.2 Å². The lowest BCUT2D eigenvalue weighted by molar-refractivity contribution is -0.134. The van der Waals surface area contributed by atoms with Crippen molar-refractivity contribution in [1.82, 2.24) is 9.91 Å². The molecule has 5 rings (SSSR count). The molecular weight excluding hydrogens is 466 g/mol. The van der Waals surface area contributed by atoms with E-state index >= 15 is 0 Å². The van der Waals surface area contributed by atoms with Crippen LogP contribution in [-0.2, 0) is 11.2 Å². The highest BCUT2D eigenvalue weighted by atomic mass is 35.5. The molecule has 4 nitrogen and oxygen atoms in total. The third-order valence-electron chi connectivity index (χ3n) is 7.57. The minimum atomic E-state index is -0.184. The van der Waals surface area contributed by atoms with E-state index in [1.807, 2.05) is 24.3 Å². The summed E-state index contributed by atoms with van der Waals surface area (Å²) in [5.41, 5.74) is 6.79. The van der Waals surface area contributed by atoms with Crippen LogP contribution in [0.3, 0.4) is 0 Å². The van der Waals surface area contributed by atoms with Crippen LogP contribution in [0.1, 0.15) is 53.1 Å². The standard InChI is InChI=1S/C31H34ClN3O/c1-22-12-13-23(2)27(18-22)29-20-30(26-10-6-7-11-28(26)32)35(33-29)31(36)21-34-16-14-25(15-17-34)19-24-8-4-3-5-9-24/h3-13,18,25,30H,14-17,19-21H2,1-2H3. The van der Waals surface area contributed by atoms with Gasteiger partial charge in [-0.3, -0.25) is 9.69 Å². The van der Waals surface area contributed by atoms with Crippen molar-refractivity contribution in [3.63, 3.8) is 0 Å². The molecular formula is C31H34ClN3O. The molecule has 2 aliphatic rings. The smallest absolute Gasteiger partial charge is 0.257 e. The molecule has 1 fully saturated rings. The summed E-state index contributed by atoms with van der Waals surface area (Å²) in [7, 11) is 0. The summed E-state index contributed by atoms with van der Waals surface area (Å²) in [5.74, 6) is 0.720. The maximum absolute atomic E-state index is 13.6. The van der Waals surface area contributed by atoms with Crippen molar-refractivity contribution in [3.05, 3.63) is 106 Å². The lowest BCUT2D eigenvalue weighted by Gasteiger charge is -2.33. The molecule has 5 heteroatoms. The Balaban J connectivity index is 1.30. The van der Waals surface area contributed by atoms with E-state index < -0.39 is 0 Å². The van der Waals surface area contributed by atoms with Crippen molar-refractivity contribution >= 4 is 23.2 Å². The van der Waals surface area contributed by atoms with Crippen LogP contribution >= 0.6 is 11.6 Å². The van der Waals surface area contributed by atoms with Gasteiger partial charge >= 0.3 is 0 Å². The monoisotopic (exact) mass is 499 g/mol. The Kier molecular flexibility index (Phi) is 7.54. The molecule has 1 atom stereocenters. The zero-order chi connectivity index (χ0) is 25.1. The molecule has 0 spiro atoms. The van der Waals surface area contributed by atoms with Gasteiger partial charge in [-0.2, -0.15) is 5.10 Å². The normalized spacial score (nSPS) is 18.9. The molecule has 0 saturated carbocycles. The second-order valence-electron chi connectivity index (χ2n) is 10.3. The number of hydrogen-bond donors (Lipinski definition) is 0. The lowest BCUT2D eigenvalue weighted by Crippen LogP contribution is -2.42. The van der Waals surface area contributed by atoms with Gasteiger partial charge in [0.2, 0.25) is 0 Å². The Morgan fingerprint density at radius 2 is 1.69 bits per heavy atom. The number of rotatable bonds is 6. The predicted octanol–water partition coefficient (Wildman–Crippen LogP) is 6.59. The Morgan fingerprint density at radius 3 is 2.44 bits per heavy atom. The molecule has 186 valence electrons. The largest absolute Gasteiger partial charge is 0.294 e. The van der Waals surface area contributed by atoms with Gasteiger partial charge in [0, 0.05) is 17.0 Å². The average molecular weight is 500 g/mol. The molecule has 2 aliphatic heterocycles. The Morgan fingerprint density at radius 1 is 0.972 bits per heavy atom.